The van der Waals surface area contributed by atoms with Crippen molar-refractivity contribution in [2.75, 3.05) is 23.9 Å². The number of rotatable bonds is 4. The van der Waals surface area contributed by atoms with Crippen LogP contribution in [0.5, 0.6) is 0 Å². The summed E-state index contributed by atoms with van der Waals surface area (Å²) in [5.74, 6) is 1.40. The number of nitrogens with zero attached hydrogens (tertiary/aromatic N) is 2. The minimum Gasteiger partial charge on any atom is -0.373 e. The maximum absolute atomic E-state index is 6.21. The zero-order valence-electron chi connectivity index (χ0n) is 11.3. The van der Waals surface area contributed by atoms with E-state index < -0.39 is 0 Å². The van der Waals surface area contributed by atoms with Gasteiger partial charge in [-0.05, 0) is 30.9 Å². The molecule has 7 heteroatoms. The molecule has 0 atom stereocenters. The lowest BCUT2D eigenvalue weighted by Gasteiger charge is -2.11. The van der Waals surface area contributed by atoms with Crippen molar-refractivity contribution in [3.05, 3.63) is 33.8 Å². The van der Waals surface area contributed by atoms with Gasteiger partial charge in [-0.3, -0.25) is 0 Å². The minimum atomic E-state index is 0.599. The molecule has 2 rings (SSSR count). The molecular weight excluding hydrogens is 315 g/mol. The van der Waals surface area contributed by atoms with E-state index in [1.54, 1.807) is 6.07 Å². The van der Waals surface area contributed by atoms with Crippen LogP contribution in [0.4, 0.5) is 17.3 Å². The highest BCUT2D eigenvalue weighted by Crippen LogP contribution is 2.31. The molecule has 0 bridgehead atoms. The van der Waals surface area contributed by atoms with Crippen LogP contribution in [0.2, 0.25) is 10.0 Å². The van der Waals surface area contributed by atoms with E-state index in [0.29, 0.717) is 21.0 Å². The van der Waals surface area contributed by atoms with E-state index in [1.807, 2.05) is 32.4 Å². The number of hydrogen-bond acceptors (Lipinski definition) is 5. The lowest BCUT2D eigenvalue weighted by atomic mass is 10.2. The second kappa shape index (κ2) is 6.52. The Morgan fingerprint density at radius 1 is 1.05 bits per heavy atom. The van der Waals surface area contributed by atoms with E-state index in [-0.39, 0.29) is 0 Å². The van der Waals surface area contributed by atoms with Gasteiger partial charge in [-0.1, -0.05) is 35.0 Å². The lowest BCUT2D eigenvalue weighted by molar-refractivity contribution is 0.977. The average molecular weight is 329 g/mol. The molecule has 106 valence electrons. The maximum Gasteiger partial charge on any atom is 0.191 e. The summed E-state index contributed by atoms with van der Waals surface area (Å²) < 4.78 is 0. The second-order valence-electron chi connectivity index (χ2n) is 4.08. The summed E-state index contributed by atoms with van der Waals surface area (Å²) in [6.07, 6.45) is 1.92. The van der Waals surface area contributed by atoms with Crippen LogP contribution in [0.25, 0.3) is 0 Å². The third kappa shape index (κ3) is 3.48. The van der Waals surface area contributed by atoms with Crippen LogP contribution in [0.1, 0.15) is 5.56 Å². The number of halogens is 2. The van der Waals surface area contributed by atoms with Crippen molar-refractivity contribution in [3.8, 4) is 0 Å². The number of thioether (sulfide) groups is 1. The van der Waals surface area contributed by atoms with Crippen LogP contribution in [0.15, 0.2) is 23.4 Å². The zero-order chi connectivity index (χ0) is 14.7. The van der Waals surface area contributed by atoms with E-state index in [9.17, 15) is 0 Å². The molecule has 0 amide bonds. The summed E-state index contributed by atoms with van der Waals surface area (Å²) >= 11 is 13.8. The van der Waals surface area contributed by atoms with Crippen LogP contribution in [0, 0.1) is 6.92 Å². The molecule has 4 nitrogen and oxygen atoms in total. The van der Waals surface area contributed by atoms with Gasteiger partial charge in [-0.2, -0.15) is 0 Å². The van der Waals surface area contributed by atoms with E-state index in [4.69, 9.17) is 23.2 Å². The van der Waals surface area contributed by atoms with Gasteiger partial charge in [0.25, 0.3) is 0 Å². The molecule has 0 radical (unpaired) electrons. The Labute approximate surface area is 132 Å². The number of aromatic nitrogens is 2. The van der Waals surface area contributed by atoms with Crippen LogP contribution in [0.3, 0.4) is 0 Å². The fraction of sp³-hybridized carbons (Fsp3) is 0.231. The molecule has 20 heavy (non-hydrogen) atoms. The molecule has 1 aromatic carbocycles. The van der Waals surface area contributed by atoms with E-state index in [2.05, 4.69) is 20.6 Å². The Hall–Kier alpha value is -1.17. The largest absolute Gasteiger partial charge is 0.373 e. The topological polar surface area (TPSA) is 49.8 Å². The van der Waals surface area contributed by atoms with Gasteiger partial charge in [-0.25, -0.2) is 9.97 Å². The molecule has 0 fully saturated rings. The summed E-state index contributed by atoms with van der Waals surface area (Å²) in [4.78, 5) is 8.70. The van der Waals surface area contributed by atoms with Crippen LogP contribution in [-0.2, 0) is 0 Å². The number of aryl methyl sites for hydroxylation is 1. The summed E-state index contributed by atoms with van der Waals surface area (Å²) in [5.41, 5.74) is 1.65. The van der Waals surface area contributed by atoms with Gasteiger partial charge in [0.15, 0.2) is 5.16 Å². The first-order valence-corrected chi connectivity index (χ1v) is 7.85. The fourth-order valence-corrected chi connectivity index (χ4v) is 2.40. The average Bonchev–Trinajstić information content (AvgIpc) is 2.44. The van der Waals surface area contributed by atoms with Crippen molar-refractivity contribution in [1.82, 2.24) is 9.97 Å². The molecule has 0 spiro atoms. The SMILES string of the molecule is CNc1cc(Nc2cc(Cl)c(C)cc2Cl)nc(SC)n1. The smallest absolute Gasteiger partial charge is 0.191 e. The van der Waals surface area contributed by atoms with Crippen molar-refractivity contribution in [3.63, 3.8) is 0 Å². The summed E-state index contributed by atoms with van der Waals surface area (Å²) in [5, 5.41) is 8.10. The molecule has 1 aromatic heterocycles. The molecule has 2 N–H and O–H groups in total. The highest BCUT2D eigenvalue weighted by atomic mass is 35.5. The first-order chi connectivity index (χ1) is 9.53. The first-order valence-electron chi connectivity index (χ1n) is 5.87. The third-order valence-corrected chi connectivity index (χ3v) is 3.92. The predicted octanol–water partition coefficient (Wildman–Crippen LogP) is 4.60. The summed E-state index contributed by atoms with van der Waals surface area (Å²) in [6, 6.07) is 5.42. The predicted molar refractivity (Wildman–Crippen MR) is 87.8 cm³/mol. The van der Waals surface area contributed by atoms with Crippen molar-refractivity contribution < 1.29 is 0 Å². The second-order valence-corrected chi connectivity index (χ2v) is 5.67. The van der Waals surface area contributed by atoms with Gasteiger partial charge in [0.1, 0.15) is 11.6 Å². The van der Waals surface area contributed by atoms with Gasteiger partial charge in [0.05, 0.1) is 10.7 Å². The number of nitrogens with one attached hydrogen (secondary N) is 2. The Morgan fingerprint density at radius 3 is 2.40 bits per heavy atom. The number of hydrogen-bond donors (Lipinski definition) is 2. The Bertz CT molecular complexity index is 612. The zero-order valence-corrected chi connectivity index (χ0v) is 13.6. The highest BCUT2D eigenvalue weighted by molar-refractivity contribution is 7.98. The summed E-state index contributed by atoms with van der Waals surface area (Å²) in [7, 11) is 1.81. The van der Waals surface area contributed by atoms with Gasteiger partial charge >= 0.3 is 0 Å². The van der Waals surface area contributed by atoms with Gasteiger partial charge in [0, 0.05) is 18.1 Å². The number of benzene rings is 1. The molecule has 1 heterocycles. The van der Waals surface area contributed by atoms with Crippen LogP contribution < -0.4 is 10.6 Å². The Kier molecular flexibility index (Phi) is 4.96. The highest BCUT2D eigenvalue weighted by Gasteiger charge is 2.08. The standard InChI is InChI=1S/C13H14Cl2N4S/c1-7-4-9(15)10(5-8(7)14)17-12-6-11(16-2)18-13(19-12)20-3/h4-6H,1-3H3,(H2,16,17,18,19). The van der Waals surface area contributed by atoms with E-state index >= 15 is 0 Å². The third-order valence-electron chi connectivity index (χ3n) is 2.66. The number of anilines is 3. The quantitative estimate of drug-likeness (QED) is 0.634. The lowest BCUT2D eigenvalue weighted by Crippen LogP contribution is -2.01. The minimum absolute atomic E-state index is 0.599. The Balaban J connectivity index is 2.36. The monoisotopic (exact) mass is 328 g/mol. The summed E-state index contributed by atoms with van der Waals surface area (Å²) in [6.45, 7) is 1.91. The normalized spacial score (nSPS) is 10.4. The van der Waals surface area contributed by atoms with Crippen molar-refractivity contribution >= 4 is 52.3 Å². The molecular formula is C13H14Cl2N4S. The van der Waals surface area contributed by atoms with Crippen molar-refractivity contribution in [2.45, 2.75) is 12.1 Å². The van der Waals surface area contributed by atoms with Gasteiger partial charge in [0.2, 0.25) is 0 Å². The molecule has 0 aliphatic heterocycles. The molecule has 0 unspecified atom stereocenters. The molecule has 2 aromatic rings. The van der Waals surface area contributed by atoms with Crippen molar-refractivity contribution in [1.29, 1.82) is 0 Å². The molecule has 0 aliphatic carbocycles. The van der Waals surface area contributed by atoms with E-state index in [0.717, 1.165) is 17.1 Å². The molecule has 0 saturated carbocycles. The first kappa shape index (κ1) is 15.2. The van der Waals surface area contributed by atoms with E-state index in [1.165, 1.54) is 11.8 Å². The fourth-order valence-electron chi connectivity index (χ4n) is 1.59. The molecule has 0 saturated heterocycles. The van der Waals surface area contributed by atoms with Gasteiger partial charge in [-0.15, -0.1) is 0 Å². The molecule has 0 aliphatic rings. The van der Waals surface area contributed by atoms with Crippen LogP contribution in [-0.4, -0.2) is 23.3 Å². The Morgan fingerprint density at radius 2 is 1.75 bits per heavy atom. The van der Waals surface area contributed by atoms with Gasteiger partial charge < -0.3 is 10.6 Å². The van der Waals surface area contributed by atoms with Crippen molar-refractivity contribution in [2.24, 2.45) is 0 Å². The maximum atomic E-state index is 6.21. The van der Waals surface area contributed by atoms with Crippen LogP contribution >= 0.6 is 35.0 Å².